The number of aryl methyl sites for hydroxylation is 2. The van der Waals surface area contributed by atoms with Gasteiger partial charge in [0.2, 0.25) is 5.91 Å². The van der Waals surface area contributed by atoms with Crippen LogP contribution < -0.4 is 5.32 Å². The molecule has 0 spiro atoms. The zero-order valence-corrected chi connectivity index (χ0v) is 15.2. The summed E-state index contributed by atoms with van der Waals surface area (Å²) in [6.07, 6.45) is 4.91. The van der Waals surface area contributed by atoms with E-state index >= 15 is 0 Å². The van der Waals surface area contributed by atoms with Crippen LogP contribution in [0.25, 0.3) is 0 Å². The Bertz CT molecular complexity index is 712. The smallest absolute Gasteiger partial charge is 0.225 e. The number of pyridine rings is 1. The number of carbonyl (C=O) groups excluding carboxylic acids is 1. The summed E-state index contributed by atoms with van der Waals surface area (Å²) in [6, 6.07) is 6.78. The van der Waals surface area contributed by atoms with Crippen molar-refractivity contribution in [1.82, 2.24) is 15.0 Å². The van der Waals surface area contributed by atoms with Crippen LogP contribution in [0, 0.1) is 6.92 Å². The van der Waals surface area contributed by atoms with Crippen LogP contribution in [-0.2, 0) is 11.2 Å². The van der Waals surface area contributed by atoms with Crippen LogP contribution >= 0.6 is 0 Å². The Morgan fingerprint density at radius 2 is 2.28 bits per heavy atom. The van der Waals surface area contributed by atoms with Crippen LogP contribution in [0.3, 0.4) is 0 Å². The number of aromatic nitrogens is 2. The molecule has 0 aromatic carbocycles. The minimum absolute atomic E-state index is 0.0606. The van der Waals surface area contributed by atoms with E-state index in [4.69, 9.17) is 9.51 Å². The standard InChI is InChI=1S/C19H26N4O2/c1-13(2)23-9-4-5-17(23)16-12-15(11-14(3)20-16)6-7-19(24)21-18-8-10-25-22-18/h8,10-13,17H,4-7,9H2,1-3H3,(H,21,22,24). The Morgan fingerprint density at radius 3 is 3.00 bits per heavy atom. The van der Waals surface area contributed by atoms with E-state index in [9.17, 15) is 4.79 Å². The molecule has 1 unspecified atom stereocenters. The van der Waals surface area contributed by atoms with Gasteiger partial charge in [0, 0.05) is 24.2 Å². The van der Waals surface area contributed by atoms with Crippen molar-refractivity contribution in [2.75, 3.05) is 11.9 Å². The molecule has 134 valence electrons. The maximum Gasteiger partial charge on any atom is 0.225 e. The first-order valence-electron chi connectivity index (χ1n) is 8.96. The van der Waals surface area contributed by atoms with Crippen LogP contribution in [-0.4, -0.2) is 33.5 Å². The fraction of sp³-hybridized carbons (Fsp3) is 0.526. The van der Waals surface area contributed by atoms with Gasteiger partial charge in [-0.05, 0) is 64.3 Å². The van der Waals surface area contributed by atoms with Crippen LogP contribution in [0.2, 0.25) is 0 Å². The van der Waals surface area contributed by atoms with Gasteiger partial charge >= 0.3 is 0 Å². The number of amides is 1. The molecular formula is C19H26N4O2. The molecule has 1 amide bonds. The van der Waals surface area contributed by atoms with Gasteiger partial charge in [0.25, 0.3) is 0 Å². The maximum atomic E-state index is 12.0. The van der Waals surface area contributed by atoms with E-state index in [1.807, 2.05) is 6.92 Å². The average molecular weight is 342 g/mol. The fourth-order valence-electron chi connectivity index (χ4n) is 3.55. The molecule has 1 fully saturated rings. The van der Waals surface area contributed by atoms with Crippen molar-refractivity contribution >= 4 is 11.7 Å². The normalized spacial score (nSPS) is 18.0. The molecule has 1 aliphatic rings. The predicted molar refractivity (Wildman–Crippen MR) is 96.2 cm³/mol. The quantitative estimate of drug-likeness (QED) is 0.870. The van der Waals surface area contributed by atoms with Crippen LogP contribution in [0.5, 0.6) is 0 Å². The third-order valence-electron chi connectivity index (χ3n) is 4.68. The number of hydrogen-bond donors (Lipinski definition) is 1. The summed E-state index contributed by atoms with van der Waals surface area (Å²) in [7, 11) is 0. The molecule has 0 aliphatic carbocycles. The van der Waals surface area contributed by atoms with Crippen molar-refractivity contribution in [2.24, 2.45) is 0 Å². The second kappa shape index (κ2) is 7.78. The first-order valence-corrected chi connectivity index (χ1v) is 8.96. The van der Waals surface area contributed by atoms with E-state index in [2.05, 4.69) is 41.4 Å². The van der Waals surface area contributed by atoms with Gasteiger partial charge in [-0.2, -0.15) is 0 Å². The number of nitrogens with one attached hydrogen (secondary N) is 1. The molecule has 1 atom stereocenters. The van der Waals surface area contributed by atoms with Gasteiger partial charge in [0.15, 0.2) is 5.82 Å². The number of likely N-dealkylation sites (tertiary alicyclic amines) is 1. The first-order chi connectivity index (χ1) is 12.0. The molecular weight excluding hydrogens is 316 g/mol. The van der Waals surface area contributed by atoms with E-state index in [-0.39, 0.29) is 5.91 Å². The molecule has 3 heterocycles. The zero-order valence-electron chi connectivity index (χ0n) is 15.2. The van der Waals surface area contributed by atoms with Gasteiger partial charge in [-0.25, -0.2) is 0 Å². The minimum atomic E-state index is -0.0606. The number of nitrogens with zero attached hydrogens (tertiary/aromatic N) is 3. The number of rotatable bonds is 6. The van der Waals surface area contributed by atoms with Crippen molar-refractivity contribution in [1.29, 1.82) is 0 Å². The lowest BCUT2D eigenvalue weighted by Gasteiger charge is -2.28. The Hall–Kier alpha value is -2.21. The number of anilines is 1. The van der Waals surface area contributed by atoms with E-state index in [1.165, 1.54) is 12.7 Å². The molecule has 2 aromatic heterocycles. The van der Waals surface area contributed by atoms with E-state index in [0.29, 0.717) is 30.7 Å². The highest BCUT2D eigenvalue weighted by atomic mass is 16.5. The van der Waals surface area contributed by atoms with Gasteiger partial charge in [0.1, 0.15) is 6.26 Å². The summed E-state index contributed by atoms with van der Waals surface area (Å²) in [5.41, 5.74) is 3.31. The lowest BCUT2D eigenvalue weighted by molar-refractivity contribution is -0.116. The Morgan fingerprint density at radius 1 is 1.44 bits per heavy atom. The molecule has 1 saturated heterocycles. The number of hydrogen-bond acceptors (Lipinski definition) is 5. The van der Waals surface area contributed by atoms with Crippen molar-refractivity contribution in [2.45, 2.75) is 58.5 Å². The maximum absolute atomic E-state index is 12.0. The summed E-state index contributed by atoms with van der Waals surface area (Å²) in [5.74, 6) is 0.393. The van der Waals surface area contributed by atoms with Crippen molar-refractivity contribution in [3.63, 3.8) is 0 Å². The molecule has 25 heavy (non-hydrogen) atoms. The van der Waals surface area contributed by atoms with Crippen molar-refractivity contribution in [3.05, 3.63) is 41.4 Å². The molecule has 6 nitrogen and oxygen atoms in total. The minimum Gasteiger partial charge on any atom is -0.363 e. The summed E-state index contributed by atoms with van der Waals surface area (Å²) < 4.78 is 4.72. The van der Waals surface area contributed by atoms with Crippen LogP contribution in [0.4, 0.5) is 5.82 Å². The molecule has 0 saturated carbocycles. The molecule has 0 bridgehead atoms. The Balaban J connectivity index is 1.66. The van der Waals surface area contributed by atoms with E-state index in [0.717, 1.165) is 29.9 Å². The molecule has 2 aromatic rings. The lowest BCUT2D eigenvalue weighted by atomic mass is 10.0. The Labute approximate surface area is 148 Å². The monoisotopic (exact) mass is 342 g/mol. The second-order valence-corrected chi connectivity index (χ2v) is 6.96. The van der Waals surface area contributed by atoms with Crippen LogP contribution in [0.15, 0.2) is 29.0 Å². The SMILES string of the molecule is Cc1cc(CCC(=O)Nc2ccon2)cc(C2CCCN2C(C)C)n1. The Kier molecular flexibility index (Phi) is 5.48. The van der Waals surface area contributed by atoms with Gasteiger partial charge in [-0.15, -0.1) is 0 Å². The topological polar surface area (TPSA) is 71.3 Å². The summed E-state index contributed by atoms with van der Waals surface area (Å²) in [6.45, 7) is 7.64. The number of carbonyl (C=O) groups is 1. The molecule has 1 N–H and O–H groups in total. The van der Waals surface area contributed by atoms with Crippen LogP contribution in [0.1, 0.15) is 56.1 Å². The van der Waals surface area contributed by atoms with Gasteiger partial charge in [0.05, 0.1) is 11.7 Å². The fourth-order valence-corrected chi connectivity index (χ4v) is 3.55. The molecule has 6 heteroatoms. The molecule has 1 aliphatic heterocycles. The zero-order chi connectivity index (χ0) is 17.8. The van der Waals surface area contributed by atoms with Crippen molar-refractivity contribution < 1.29 is 9.32 Å². The largest absolute Gasteiger partial charge is 0.363 e. The van der Waals surface area contributed by atoms with Gasteiger partial charge in [-0.3, -0.25) is 14.7 Å². The molecule has 0 radical (unpaired) electrons. The highest BCUT2D eigenvalue weighted by Crippen LogP contribution is 2.33. The average Bonchev–Trinajstić information content (AvgIpc) is 3.23. The summed E-state index contributed by atoms with van der Waals surface area (Å²) >= 11 is 0. The first kappa shape index (κ1) is 17.6. The summed E-state index contributed by atoms with van der Waals surface area (Å²) in [5, 5.41) is 6.42. The van der Waals surface area contributed by atoms with Gasteiger partial charge < -0.3 is 9.84 Å². The van der Waals surface area contributed by atoms with Gasteiger partial charge in [-0.1, -0.05) is 5.16 Å². The van der Waals surface area contributed by atoms with E-state index in [1.54, 1.807) is 6.07 Å². The lowest BCUT2D eigenvalue weighted by Crippen LogP contribution is -2.30. The van der Waals surface area contributed by atoms with E-state index < -0.39 is 0 Å². The third-order valence-corrected chi connectivity index (χ3v) is 4.68. The highest BCUT2D eigenvalue weighted by Gasteiger charge is 2.29. The molecule has 3 rings (SSSR count). The van der Waals surface area contributed by atoms with Crippen molar-refractivity contribution in [3.8, 4) is 0 Å². The predicted octanol–water partition coefficient (Wildman–Crippen LogP) is 3.49. The third kappa shape index (κ3) is 4.45. The summed E-state index contributed by atoms with van der Waals surface area (Å²) in [4.78, 5) is 19.3. The second-order valence-electron chi connectivity index (χ2n) is 6.96. The highest BCUT2D eigenvalue weighted by molar-refractivity contribution is 5.89.